The maximum atomic E-state index is 8.81. The molecule has 0 aliphatic carbocycles. The highest BCUT2D eigenvalue weighted by molar-refractivity contribution is 7.13. The fraction of sp³-hybridized carbons (Fsp3) is 0.357. The van der Waals surface area contributed by atoms with Gasteiger partial charge in [-0.3, -0.25) is 0 Å². The zero-order valence-corrected chi connectivity index (χ0v) is 11.5. The van der Waals surface area contributed by atoms with Crippen LogP contribution in [0.1, 0.15) is 17.7 Å². The summed E-state index contributed by atoms with van der Waals surface area (Å²) in [4.78, 5) is 4.58. The van der Waals surface area contributed by atoms with Crippen LogP contribution in [-0.4, -0.2) is 23.8 Å². The molecule has 0 aliphatic heterocycles. The Morgan fingerprint density at radius 2 is 2.22 bits per heavy atom. The minimum Gasteiger partial charge on any atom is -0.496 e. The number of rotatable bonds is 5. The second-order valence-electron chi connectivity index (χ2n) is 4.16. The number of hydrogen-bond donors (Lipinski definition) is 1. The van der Waals surface area contributed by atoms with E-state index in [1.54, 1.807) is 18.4 Å². The van der Waals surface area contributed by atoms with Gasteiger partial charge >= 0.3 is 0 Å². The maximum absolute atomic E-state index is 8.81. The summed E-state index contributed by atoms with van der Waals surface area (Å²) in [7, 11) is 1.68. The van der Waals surface area contributed by atoms with Crippen LogP contribution in [0.5, 0.6) is 5.75 Å². The average molecular weight is 263 g/mol. The molecule has 18 heavy (non-hydrogen) atoms. The Morgan fingerprint density at radius 3 is 2.89 bits per heavy atom. The summed E-state index contributed by atoms with van der Waals surface area (Å²) in [6, 6.07) is 6.09. The standard InChI is InChI=1S/C14H17NO2S/c1-10-8-11(5-6-13(10)17-2)14-15-12(9-18-14)4-3-7-16/h5-6,8-9,16H,3-4,7H2,1-2H3. The quantitative estimate of drug-likeness (QED) is 0.901. The SMILES string of the molecule is COc1ccc(-c2nc(CCCO)cs2)cc1C. The Morgan fingerprint density at radius 1 is 1.39 bits per heavy atom. The van der Waals surface area contributed by atoms with Crippen molar-refractivity contribution in [2.45, 2.75) is 19.8 Å². The maximum Gasteiger partial charge on any atom is 0.123 e. The van der Waals surface area contributed by atoms with Crippen molar-refractivity contribution in [2.24, 2.45) is 0 Å². The van der Waals surface area contributed by atoms with Crippen LogP contribution in [0.4, 0.5) is 0 Å². The van der Waals surface area contributed by atoms with Crippen LogP contribution in [0.2, 0.25) is 0 Å². The predicted molar refractivity (Wildman–Crippen MR) is 74.2 cm³/mol. The molecule has 0 radical (unpaired) electrons. The smallest absolute Gasteiger partial charge is 0.123 e. The van der Waals surface area contributed by atoms with Crippen LogP contribution in [0, 0.1) is 6.92 Å². The first kappa shape index (κ1) is 13.1. The molecule has 96 valence electrons. The van der Waals surface area contributed by atoms with Gasteiger partial charge in [0.1, 0.15) is 10.8 Å². The number of benzene rings is 1. The highest BCUT2D eigenvalue weighted by atomic mass is 32.1. The molecule has 3 nitrogen and oxygen atoms in total. The summed E-state index contributed by atoms with van der Waals surface area (Å²) in [5, 5.41) is 11.9. The first-order chi connectivity index (χ1) is 8.74. The Hall–Kier alpha value is -1.39. The van der Waals surface area contributed by atoms with Crippen LogP contribution in [0.25, 0.3) is 10.6 Å². The minimum atomic E-state index is 0.217. The van der Waals surface area contributed by atoms with Crippen molar-refractivity contribution in [3.8, 4) is 16.3 Å². The lowest BCUT2D eigenvalue weighted by Gasteiger charge is -2.05. The molecule has 1 heterocycles. The van der Waals surface area contributed by atoms with Crippen LogP contribution >= 0.6 is 11.3 Å². The number of hydrogen-bond acceptors (Lipinski definition) is 4. The van der Waals surface area contributed by atoms with Gasteiger partial charge in [-0.1, -0.05) is 0 Å². The summed E-state index contributed by atoms with van der Waals surface area (Å²) in [6.45, 7) is 2.25. The van der Waals surface area contributed by atoms with E-state index in [4.69, 9.17) is 9.84 Å². The van der Waals surface area contributed by atoms with Gasteiger partial charge in [0.05, 0.1) is 12.8 Å². The largest absolute Gasteiger partial charge is 0.496 e. The van der Waals surface area contributed by atoms with E-state index in [1.165, 1.54) is 0 Å². The van der Waals surface area contributed by atoms with E-state index in [9.17, 15) is 0 Å². The Balaban J connectivity index is 2.20. The van der Waals surface area contributed by atoms with E-state index >= 15 is 0 Å². The minimum absolute atomic E-state index is 0.217. The zero-order chi connectivity index (χ0) is 13.0. The molecule has 0 spiro atoms. The lowest BCUT2D eigenvalue weighted by Crippen LogP contribution is -1.90. The molecule has 0 aliphatic rings. The predicted octanol–water partition coefficient (Wildman–Crippen LogP) is 3.05. The van der Waals surface area contributed by atoms with Gasteiger partial charge in [0, 0.05) is 17.6 Å². The molecule has 0 saturated heterocycles. The van der Waals surface area contributed by atoms with Crippen molar-refractivity contribution >= 4 is 11.3 Å². The monoisotopic (exact) mass is 263 g/mol. The third-order valence-corrected chi connectivity index (χ3v) is 3.72. The fourth-order valence-electron chi connectivity index (χ4n) is 1.83. The van der Waals surface area contributed by atoms with Gasteiger partial charge in [0.25, 0.3) is 0 Å². The van der Waals surface area contributed by atoms with E-state index < -0.39 is 0 Å². The van der Waals surface area contributed by atoms with Crippen molar-refractivity contribution in [3.63, 3.8) is 0 Å². The third kappa shape index (κ3) is 2.89. The van der Waals surface area contributed by atoms with Crippen LogP contribution < -0.4 is 4.74 Å². The number of ether oxygens (including phenoxy) is 1. The number of nitrogens with zero attached hydrogens (tertiary/aromatic N) is 1. The summed E-state index contributed by atoms with van der Waals surface area (Å²) in [5.74, 6) is 0.899. The average Bonchev–Trinajstić information content (AvgIpc) is 2.85. The number of aliphatic hydroxyl groups excluding tert-OH is 1. The highest BCUT2D eigenvalue weighted by Gasteiger charge is 2.06. The Bertz CT molecular complexity index is 522. The van der Waals surface area contributed by atoms with Crippen molar-refractivity contribution in [1.82, 2.24) is 4.98 Å². The molecular weight excluding hydrogens is 246 g/mol. The second-order valence-corrected chi connectivity index (χ2v) is 5.01. The Kier molecular flexibility index (Phi) is 4.33. The molecule has 0 unspecified atom stereocenters. The molecule has 2 rings (SSSR count). The molecule has 2 aromatic rings. The van der Waals surface area contributed by atoms with Gasteiger partial charge in [-0.05, 0) is 43.5 Å². The topological polar surface area (TPSA) is 42.4 Å². The van der Waals surface area contributed by atoms with Gasteiger partial charge in [-0.2, -0.15) is 0 Å². The molecular formula is C14H17NO2S. The van der Waals surface area contributed by atoms with Gasteiger partial charge in [-0.25, -0.2) is 4.98 Å². The van der Waals surface area contributed by atoms with E-state index in [-0.39, 0.29) is 6.61 Å². The molecule has 1 N–H and O–H groups in total. The molecule has 0 bridgehead atoms. The molecule has 0 fully saturated rings. The first-order valence-electron chi connectivity index (χ1n) is 5.95. The van der Waals surface area contributed by atoms with Crippen molar-refractivity contribution < 1.29 is 9.84 Å². The third-order valence-electron chi connectivity index (χ3n) is 2.78. The molecule has 0 amide bonds. The van der Waals surface area contributed by atoms with E-state index in [1.807, 2.05) is 19.1 Å². The van der Waals surface area contributed by atoms with Gasteiger partial charge in [-0.15, -0.1) is 11.3 Å². The van der Waals surface area contributed by atoms with Crippen LogP contribution in [-0.2, 0) is 6.42 Å². The molecule has 4 heteroatoms. The van der Waals surface area contributed by atoms with Crippen molar-refractivity contribution in [1.29, 1.82) is 0 Å². The van der Waals surface area contributed by atoms with Gasteiger partial charge in [0.15, 0.2) is 0 Å². The highest BCUT2D eigenvalue weighted by Crippen LogP contribution is 2.28. The number of methoxy groups -OCH3 is 1. The molecule has 0 saturated carbocycles. The lowest BCUT2D eigenvalue weighted by atomic mass is 10.1. The second kappa shape index (κ2) is 5.98. The number of thiazole rings is 1. The molecule has 0 atom stereocenters. The summed E-state index contributed by atoms with van der Waals surface area (Å²) in [5.41, 5.74) is 3.29. The number of aliphatic hydroxyl groups is 1. The number of aromatic nitrogens is 1. The normalized spacial score (nSPS) is 10.6. The molecule has 1 aromatic carbocycles. The van der Waals surface area contributed by atoms with Gasteiger partial charge in [0.2, 0.25) is 0 Å². The fourth-order valence-corrected chi connectivity index (χ4v) is 2.68. The van der Waals surface area contributed by atoms with Crippen molar-refractivity contribution in [2.75, 3.05) is 13.7 Å². The lowest BCUT2D eigenvalue weighted by molar-refractivity contribution is 0.288. The van der Waals surface area contributed by atoms with E-state index in [0.29, 0.717) is 0 Å². The summed E-state index contributed by atoms with van der Waals surface area (Å²) >= 11 is 1.64. The summed E-state index contributed by atoms with van der Waals surface area (Å²) < 4.78 is 5.25. The van der Waals surface area contributed by atoms with Gasteiger partial charge < -0.3 is 9.84 Å². The van der Waals surface area contributed by atoms with E-state index in [0.717, 1.165) is 40.4 Å². The Labute approximate surface area is 111 Å². The first-order valence-corrected chi connectivity index (χ1v) is 6.83. The molecule has 1 aromatic heterocycles. The van der Waals surface area contributed by atoms with Crippen LogP contribution in [0.3, 0.4) is 0 Å². The summed E-state index contributed by atoms with van der Waals surface area (Å²) in [6.07, 6.45) is 1.60. The van der Waals surface area contributed by atoms with Crippen molar-refractivity contribution in [3.05, 3.63) is 34.8 Å². The zero-order valence-electron chi connectivity index (χ0n) is 10.6. The van der Waals surface area contributed by atoms with Crippen LogP contribution in [0.15, 0.2) is 23.6 Å². The number of aryl methyl sites for hydroxylation is 2. The van der Waals surface area contributed by atoms with E-state index in [2.05, 4.69) is 16.4 Å².